The summed E-state index contributed by atoms with van der Waals surface area (Å²) in [5, 5.41) is 11.5. The molecule has 3 rings (SSSR count). The number of nitrogens with zero attached hydrogens (tertiary/aromatic N) is 1. The first-order valence-electron chi connectivity index (χ1n) is 10.1. The molecule has 180 valence electrons. The van der Waals surface area contributed by atoms with Gasteiger partial charge in [0.1, 0.15) is 0 Å². The van der Waals surface area contributed by atoms with Gasteiger partial charge in [0.2, 0.25) is 0 Å². The molecule has 11 heteroatoms. The van der Waals surface area contributed by atoms with Gasteiger partial charge in [-0.25, -0.2) is 0 Å². The van der Waals surface area contributed by atoms with Gasteiger partial charge in [-0.15, -0.1) is 0 Å². The Hall–Kier alpha value is -3.12. The van der Waals surface area contributed by atoms with E-state index >= 15 is 0 Å². The van der Waals surface area contributed by atoms with E-state index in [-0.39, 0.29) is 21.0 Å². The fraction of sp³-hybridized carbons (Fsp3) is 0.217. The Kier molecular flexibility index (Phi) is 7.82. The molecule has 9 nitrogen and oxygen atoms in total. The van der Waals surface area contributed by atoms with Crippen LogP contribution in [0.3, 0.4) is 0 Å². The first kappa shape index (κ1) is 25.5. The molecule has 0 saturated heterocycles. The monoisotopic (exact) mass is 505 g/mol. The van der Waals surface area contributed by atoms with E-state index in [1.165, 1.54) is 48.5 Å². The first-order chi connectivity index (χ1) is 16.0. The maximum Gasteiger partial charge on any atom is 0.296 e. The minimum absolute atomic E-state index is 0.0886. The Morgan fingerprint density at radius 3 is 1.56 bits per heavy atom. The van der Waals surface area contributed by atoms with Crippen LogP contribution in [0, 0.1) is 24.0 Å². The minimum Gasteiger partial charge on any atom is -0.266 e. The average molecular weight is 506 g/mol. The molecule has 0 bridgehead atoms. The fourth-order valence-corrected chi connectivity index (χ4v) is 5.01. The summed E-state index contributed by atoms with van der Waals surface area (Å²) in [5.41, 5.74) is 1.49. The van der Waals surface area contributed by atoms with Crippen molar-refractivity contribution in [2.45, 2.75) is 29.6 Å². The topological polar surface area (TPSA) is 130 Å². The number of hydrogen-bond donors (Lipinski definition) is 0. The average Bonchev–Trinajstić information content (AvgIpc) is 2.79. The third kappa shape index (κ3) is 6.26. The van der Waals surface area contributed by atoms with Gasteiger partial charge in [0.25, 0.3) is 25.9 Å². The summed E-state index contributed by atoms with van der Waals surface area (Å²) in [6.07, 6.45) is 0. The molecule has 3 aromatic rings. The molecule has 0 spiro atoms. The van der Waals surface area contributed by atoms with Crippen LogP contribution in [0.25, 0.3) is 0 Å². The summed E-state index contributed by atoms with van der Waals surface area (Å²) in [6, 6.07) is 17.6. The SMILES string of the molecule is Cc1ccc(S(=O)(=O)OCC(COS(=O)(=O)c2ccc(C)cc2)c2ccccc2[N+](=O)[O-])cc1. The zero-order valence-corrected chi connectivity index (χ0v) is 20.1. The Labute approximate surface area is 198 Å². The van der Waals surface area contributed by atoms with Gasteiger partial charge in [0, 0.05) is 17.5 Å². The Balaban J connectivity index is 1.88. The van der Waals surface area contributed by atoms with E-state index < -0.39 is 44.3 Å². The molecule has 0 unspecified atom stereocenters. The molecule has 0 aliphatic rings. The minimum atomic E-state index is -4.20. The predicted octanol–water partition coefficient (Wildman–Crippen LogP) is 4.11. The second kappa shape index (κ2) is 10.4. The van der Waals surface area contributed by atoms with Crippen molar-refractivity contribution >= 4 is 25.9 Å². The number of hydrogen-bond acceptors (Lipinski definition) is 8. The summed E-state index contributed by atoms with van der Waals surface area (Å²) >= 11 is 0. The third-order valence-electron chi connectivity index (χ3n) is 5.04. The van der Waals surface area contributed by atoms with Crippen LogP contribution in [-0.4, -0.2) is 35.0 Å². The molecule has 0 fully saturated rings. The highest BCUT2D eigenvalue weighted by Gasteiger charge is 2.28. The van der Waals surface area contributed by atoms with Crippen molar-refractivity contribution in [3.63, 3.8) is 0 Å². The molecule has 0 saturated carbocycles. The summed E-state index contributed by atoms with van der Waals surface area (Å²) in [7, 11) is -8.40. The van der Waals surface area contributed by atoms with E-state index in [0.717, 1.165) is 11.1 Å². The zero-order valence-electron chi connectivity index (χ0n) is 18.4. The van der Waals surface area contributed by atoms with Crippen molar-refractivity contribution in [2.75, 3.05) is 13.2 Å². The molecule has 3 aromatic carbocycles. The van der Waals surface area contributed by atoms with Crippen molar-refractivity contribution in [3.05, 3.63) is 99.6 Å². The van der Waals surface area contributed by atoms with Gasteiger partial charge in [-0.05, 0) is 38.1 Å². The zero-order chi connectivity index (χ0) is 24.9. The van der Waals surface area contributed by atoms with Gasteiger partial charge in [-0.2, -0.15) is 16.8 Å². The predicted molar refractivity (Wildman–Crippen MR) is 124 cm³/mol. The maximum absolute atomic E-state index is 12.6. The summed E-state index contributed by atoms with van der Waals surface area (Å²) in [5.74, 6) is -1.07. The van der Waals surface area contributed by atoms with Gasteiger partial charge < -0.3 is 0 Å². The summed E-state index contributed by atoms with van der Waals surface area (Å²) in [6.45, 7) is 2.47. The van der Waals surface area contributed by atoms with Crippen LogP contribution in [0.15, 0.2) is 82.6 Å². The summed E-state index contributed by atoms with van der Waals surface area (Å²) < 4.78 is 60.9. The van der Waals surface area contributed by atoms with Crippen LogP contribution in [-0.2, 0) is 28.6 Å². The fourth-order valence-electron chi connectivity index (χ4n) is 3.12. The van der Waals surface area contributed by atoms with E-state index in [9.17, 15) is 26.9 Å². The lowest BCUT2D eigenvalue weighted by Crippen LogP contribution is -2.21. The molecule has 0 amide bonds. The Bertz CT molecular complexity index is 1290. The van der Waals surface area contributed by atoms with Crippen molar-refractivity contribution < 1.29 is 30.1 Å². The molecule has 0 aliphatic carbocycles. The van der Waals surface area contributed by atoms with E-state index in [1.54, 1.807) is 38.1 Å². The Morgan fingerprint density at radius 1 is 0.735 bits per heavy atom. The molecule has 0 aliphatic heterocycles. The second-order valence-electron chi connectivity index (χ2n) is 7.62. The van der Waals surface area contributed by atoms with Crippen LogP contribution < -0.4 is 0 Å². The number of nitro groups is 1. The number of benzene rings is 3. The summed E-state index contributed by atoms with van der Waals surface area (Å²) in [4.78, 5) is 10.7. The standard InChI is InChI=1S/C23H23NO8S2/c1-17-7-11-20(12-8-17)33(27,28)31-15-19(22-5-3-4-6-23(22)24(25)26)16-32-34(29,30)21-13-9-18(2)10-14-21/h3-14,19H,15-16H2,1-2H3. The largest absolute Gasteiger partial charge is 0.296 e. The highest BCUT2D eigenvalue weighted by atomic mass is 32.2. The highest BCUT2D eigenvalue weighted by molar-refractivity contribution is 7.87. The van der Waals surface area contributed by atoms with Crippen LogP contribution in [0.2, 0.25) is 0 Å². The van der Waals surface area contributed by atoms with Crippen LogP contribution in [0.4, 0.5) is 5.69 Å². The van der Waals surface area contributed by atoms with Gasteiger partial charge in [0.05, 0.1) is 27.9 Å². The van der Waals surface area contributed by atoms with E-state index in [1.807, 2.05) is 0 Å². The van der Waals surface area contributed by atoms with Crippen LogP contribution in [0.5, 0.6) is 0 Å². The second-order valence-corrected chi connectivity index (χ2v) is 10.8. The molecular weight excluding hydrogens is 482 g/mol. The number of aryl methyl sites for hydroxylation is 2. The van der Waals surface area contributed by atoms with Gasteiger partial charge in [-0.3, -0.25) is 18.5 Å². The normalized spacial score (nSPS) is 12.1. The van der Waals surface area contributed by atoms with Crippen molar-refractivity contribution in [3.8, 4) is 0 Å². The molecule has 34 heavy (non-hydrogen) atoms. The number of para-hydroxylation sites is 1. The van der Waals surface area contributed by atoms with Gasteiger partial charge in [0.15, 0.2) is 0 Å². The number of nitro benzene ring substituents is 1. The molecule has 0 heterocycles. The van der Waals surface area contributed by atoms with Gasteiger partial charge in [-0.1, -0.05) is 53.6 Å². The van der Waals surface area contributed by atoms with Crippen LogP contribution in [0.1, 0.15) is 22.6 Å². The highest BCUT2D eigenvalue weighted by Crippen LogP contribution is 2.29. The molecule has 0 N–H and O–H groups in total. The molecule has 0 atom stereocenters. The Morgan fingerprint density at radius 2 is 1.15 bits per heavy atom. The van der Waals surface area contributed by atoms with Crippen LogP contribution >= 0.6 is 0 Å². The van der Waals surface area contributed by atoms with E-state index in [2.05, 4.69) is 0 Å². The van der Waals surface area contributed by atoms with Crippen molar-refractivity contribution in [1.29, 1.82) is 0 Å². The van der Waals surface area contributed by atoms with E-state index in [4.69, 9.17) is 8.37 Å². The lowest BCUT2D eigenvalue weighted by atomic mass is 9.99. The number of rotatable bonds is 10. The smallest absolute Gasteiger partial charge is 0.266 e. The quantitative estimate of drug-likeness (QED) is 0.229. The molecular formula is C23H23NO8S2. The maximum atomic E-state index is 12.6. The van der Waals surface area contributed by atoms with Crippen molar-refractivity contribution in [1.82, 2.24) is 0 Å². The lowest BCUT2D eigenvalue weighted by Gasteiger charge is -2.18. The molecule has 0 aromatic heterocycles. The van der Waals surface area contributed by atoms with E-state index in [0.29, 0.717) is 0 Å². The first-order valence-corrected chi connectivity index (χ1v) is 13.0. The third-order valence-corrected chi connectivity index (χ3v) is 7.63. The van der Waals surface area contributed by atoms with Crippen molar-refractivity contribution in [2.24, 2.45) is 0 Å². The lowest BCUT2D eigenvalue weighted by molar-refractivity contribution is -0.385. The van der Waals surface area contributed by atoms with Gasteiger partial charge >= 0.3 is 0 Å². The molecule has 0 radical (unpaired) electrons.